The van der Waals surface area contributed by atoms with Gasteiger partial charge in [-0.1, -0.05) is 23.4 Å². The maximum absolute atomic E-state index is 12.1. The number of H-pyrrole nitrogens is 1. The quantitative estimate of drug-likeness (QED) is 0.743. The number of aromatic nitrogens is 5. The van der Waals surface area contributed by atoms with Crippen LogP contribution in [0.25, 0.3) is 5.65 Å². The Morgan fingerprint density at radius 1 is 1.36 bits per heavy atom. The van der Waals surface area contributed by atoms with Crippen molar-refractivity contribution in [2.75, 3.05) is 0 Å². The first-order valence-electron chi connectivity index (χ1n) is 6.92. The van der Waals surface area contributed by atoms with Crippen LogP contribution < -0.4 is 5.56 Å². The van der Waals surface area contributed by atoms with Crippen molar-refractivity contribution in [1.82, 2.24) is 24.6 Å². The Hall–Kier alpha value is -1.86. The Morgan fingerprint density at radius 2 is 2.23 bits per heavy atom. The molecule has 1 N–H and O–H groups in total. The number of thioether (sulfide) groups is 1. The molecular formula is C14H12ClN5OS. The summed E-state index contributed by atoms with van der Waals surface area (Å²) in [6.07, 6.45) is 3.94. The normalized spacial score (nSPS) is 14.6. The molecule has 112 valence electrons. The van der Waals surface area contributed by atoms with Gasteiger partial charge in [-0.25, -0.2) is 9.97 Å². The number of nitrogens with zero attached hydrogens (tertiary/aromatic N) is 4. The first-order valence-corrected chi connectivity index (χ1v) is 8.28. The van der Waals surface area contributed by atoms with Gasteiger partial charge in [0.25, 0.3) is 5.56 Å². The van der Waals surface area contributed by atoms with E-state index < -0.39 is 0 Å². The molecule has 4 rings (SSSR count). The van der Waals surface area contributed by atoms with Gasteiger partial charge in [-0.05, 0) is 25.0 Å². The van der Waals surface area contributed by atoms with Gasteiger partial charge in [0.05, 0.1) is 10.7 Å². The fourth-order valence-corrected chi connectivity index (χ4v) is 3.06. The summed E-state index contributed by atoms with van der Waals surface area (Å²) in [4.78, 5) is 21.0. The summed E-state index contributed by atoms with van der Waals surface area (Å²) in [5, 5.41) is 8.36. The zero-order chi connectivity index (χ0) is 15.1. The number of halogens is 1. The van der Waals surface area contributed by atoms with Gasteiger partial charge in [0.2, 0.25) is 5.16 Å². The average Bonchev–Trinajstić information content (AvgIpc) is 3.25. The van der Waals surface area contributed by atoms with Crippen molar-refractivity contribution in [2.45, 2.75) is 29.7 Å². The van der Waals surface area contributed by atoms with E-state index in [1.165, 1.54) is 35.1 Å². The van der Waals surface area contributed by atoms with Crippen LogP contribution in [-0.4, -0.2) is 24.6 Å². The highest BCUT2D eigenvalue weighted by Crippen LogP contribution is 2.38. The zero-order valence-electron chi connectivity index (χ0n) is 11.5. The molecule has 0 atom stereocenters. The Kier molecular flexibility index (Phi) is 3.38. The van der Waals surface area contributed by atoms with Crippen molar-refractivity contribution in [3.05, 3.63) is 51.3 Å². The summed E-state index contributed by atoms with van der Waals surface area (Å²) in [5.74, 6) is 2.06. The second-order valence-corrected chi connectivity index (χ2v) is 6.61. The van der Waals surface area contributed by atoms with Crippen molar-refractivity contribution in [3.8, 4) is 0 Å². The zero-order valence-corrected chi connectivity index (χ0v) is 13.1. The first-order chi connectivity index (χ1) is 10.7. The minimum absolute atomic E-state index is 0.142. The highest BCUT2D eigenvalue weighted by atomic mass is 35.5. The van der Waals surface area contributed by atoms with E-state index in [0.29, 0.717) is 33.2 Å². The van der Waals surface area contributed by atoms with Crippen LogP contribution in [0.4, 0.5) is 0 Å². The predicted molar refractivity (Wildman–Crippen MR) is 84.4 cm³/mol. The van der Waals surface area contributed by atoms with Gasteiger partial charge in [0.1, 0.15) is 11.5 Å². The molecule has 0 saturated heterocycles. The minimum atomic E-state index is -0.142. The van der Waals surface area contributed by atoms with Gasteiger partial charge in [-0.3, -0.25) is 14.3 Å². The third-order valence-corrected chi connectivity index (χ3v) is 4.58. The lowest BCUT2D eigenvalue weighted by atomic mass is 10.4. The number of pyridine rings is 1. The molecule has 3 aromatic heterocycles. The molecule has 1 saturated carbocycles. The number of rotatable bonds is 4. The van der Waals surface area contributed by atoms with Crippen molar-refractivity contribution < 1.29 is 0 Å². The molecule has 0 aliphatic heterocycles. The summed E-state index contributed by atoms with van der Waals surface area (Å²) >= 11 is 7.36. The maximum atomic E-state index is 12.1. The van der Waals surface area contributed by atoms with Crippen LogP contribution in [0.2, 0.25) is 5.02 Å². The third-order valence-electron chi connectivity index (χ3n) is 3.47. The van der Waals surface area contributed by atoms with Crippen LogP contribution in [0.1, 0.15) is 30.3 Å². The second-order valence-electron chi connectivity index (χ2n) is 5.23. The molecule has 0 amide bonds. The highest BCUT2D eigenvalue weighted by molar-refractivity contribution is 7.98. The topological polar surface area (TPSA) is 75.9 Å². The summed E-state index contributed by atoms with van der Waals surface area (Å²) < 4.78 is 1.44. The molecule has 1 aliphatic carbocycles. The van der Waals surface area contributed by atoms with Crippen LogP contribution in [0, 0.1) is 0 Å². The van der Waals surface area contributed by atoms with Crippen molar-refractivity contribution in [1.29, 1.82) is 0 Å². The number of nitrogens with one attached hydrogen (secondary N) is 1. The van der Waals surface area contributed by atoms with E-state index >= 15 is 0 Å². The van der Waals surface area contributed by atoms with Crippen LogP contribution in [0.3, 0.4) is 0 Å². The van der Waals surface area contributed by atoms with Crippen LogP contribution >= 0.6 is 23.4 Å². The Labute approximate surface area is 134 Å². The standard InChI is InChI=1S/C14H12ClN5OS/c15-9-3-4-11-16-10(5-12(21)20(11)6-9)7-22-14-17-13(18-19-14)8-1-2-8/h3-6,8H,1-2,7H2,(H,17,18,19). The number of aromatic amines is 1. The number of fused-ring (bicyclic) bond motifs is 1. The molecular weight excluding hydrogens is 322 g/mol. The lowest BCUT2D eigenvalue weighted by Crippen LogP contribution is -2.15. The molecule has 22 heavy (non-hydrogen) atoms. The summed E-state index contributed by atoms with van der Waals surface area (Å²) in [5.41, 5.74) is 1.15. The maximum Gasteiger partial charge on any atom is 0.258 e. The van der Waals surface area contributed by atoms with Crippen molar-refractivity contribution >= 4 is 29.0 Å². The first kappa shape index (κ1) is 13.8. The molecule has 0 aromatic carbocycles. The Balaban J connectivity index is 1.55. The minimum Gasteiger partial charge on any atom is -0.269 e. The molecule has 1 fully saturated rings. The molecule has 0 unspecified atom stereocenters. The van der Waals surface area contributed by atoms with E-state index in [-0.39, 0.29) is 5.56 Å². The van der Waals surface area contributed by atoms with Crippen molar-refractivity contribution in [2.24, 2.45) is 0 Å². The van der Waals surface area contributed by atoms with Gasteiger partial charge >= 0.3 is 0 Å². The molecule has 8 heteroatoms. The van der Waals surface area contributed by atoms with E-state index in [1.54, 1.807) is 18.3 Å². The molecule has 3 heterocycles. The SMILES string of the molecule is O=c1cc(CSc2n[nH]c(C3CC3)n2)nc2ccc(Cl)cn12. The number of hydrogen-bond donors (Lipinski definition) is 1. The van der Waals surface area contributed by atoms with E-state index in [9.17, 15) is 4.79 Å². The molecule has 0 bridgehead atoms. The van der Waals surface area contributed by atoms with Gasteiger partial charge in [0.15, 0.2) is 0 Å². The monoisotopic (exact) mass is 333 g/mol. The van der Waals surface area contributed by atoms with E-state index in [4.69, 9.17) is 11.6 Å². The third kappa shape index (κ3) is 2.74. The largest absolute Gasteiger partial charge is 0.269 e. The molecule has 0 spiro atoms. The fraction of sp³-hybridized carbons (Fsp3) is 0.286. The fourth-order valence-electron chi connectivity index (χ4n) is 2.20. The summed E-state index contributed by atoms with van der Waals surface area (Å²) in [6.45, 7) is 0. The van der Waals surface area contributed by atoms with E-state index in [1.807, 2.05) is 0 Å². The lowest BCUT2D eigenvalue weighted by Gasteiger charge is -2.03. The molecule has 0 radical (unpaired) electrons. The number of hydrogen-bond acceptors (Lipinski definition) is 5. The second kappa shape index (κ2) is 5.40. The smallest absolute Gasteiger partial charge is 0.258 e. The Morgan fingerprint density at radius 3 is 3.05 bits per heavy atom. The van der Waals surface area contributed by atoms with E-state index in [0.717, 1.165) is 5.82 Å². The average molecular weight is 334 g/mol. The highest BCUT2D eigenvalue weighted by Gasteiger charge is 2.27. The van der Waals surface area contributed by atoms with Crippen LogP contribution in [0.15, 0.2) is 34.3 Å². The van der Waals surface area contributed by atoms with Gasteiger partial charge in [-0.2, -0.15) is 0 Å². The summed E-state index contributed by atoms with van der Waals surface area (Å²) in [6, 6.07) is 4.97. The predicted octanol–water partition coefficient (Wildman–Crippen LogP) is 2.64. The summed E-state index contributed by atoms with van der Waals surface area (Å²) in [7, 11) is 0. The van der Waals surface area contributed by atoms with E-state index in [2.05, 4.69) is 20.2 Å². The molecule has 6 nitrogen and oxygen atoms in total. The Bertz CT molecular complexity index is 902. The van der Waals surface area contributed by atoms with Crippen LogP contribution in [-0.2, 0) is 5.75 Å². The van der Waals surface area contributed by atoms with Gasteiger partial charge in [0, 0.05) is 23.9 Å². The molecule has 3 aromatic rings. The lowest BCUT2D eigenvalue weighted by molar-refractivity contribution is 0.932. The van der Waals surface area contributed by atoms with Crippen molar-refractivity contribution in [3.63, 3.8) is 0 Å². The van der Waals surface area contributed by atoms with Gasteiger partial charge in [-0.15, -0.1) is 5.10 Å². The van der Waals surface area contributed by atoms with Gasteiger partial charge < -0.3 is 0 Å². The van der Waals surface area contributed by atoms with Crippen LogP contribution in [0.5, 0.6) is 0 Å². The molecule has 1 aliphatic rings.